The minimum absolute atomic E-state index is 0.0754. The van der Waals surface area contributed by atoms with Crippen LogP contribution in [0.1, 0.15) is 28.0 Å². The monoisotopic (exact) mass is 285 g/mol. The van der Waals surface area contributed by atoms with Gasteiger partial charge < -0.3 is 14.6 Å². The van der Waals surface area contributed by atoms with Crippen molar-refractivity contribution in [2.45, 2.75) is 32.4 Å². The Morgan fingerprint density at radius 1 is 1.48 bits per heavy atom. The molecule has 5 nitrogen and oxygen atoms in total. The van der Waals surface area contributed by atoms with Gasteiger partial charge in [0.1, 0.15) is 5.75 Å². The molecule has 0 spiro atoms. The van der Waals surface area contributed by atoms with Crippen molar-refractivity contribution in [2.75, 3.05) is 7.11 Å². The lowest BCUT2D eigenvalue weighted by Crippen LogP contribution is -2.40. The van der Waals surface area contributed by atoms with Crippen LogP contribution in [-0.2, 0) is 13.0 Å². The number of hydrogen-bond acceptors (Lipinski definition) is 3. The molecule has 5 heteroatoms. The maximum atomic E-state index is 12.5. The second-order valence-electron chi connectivity index (χ2n) is 5.45. The van der Waals surface area contributed by atoms with Gasteiger partial charge >= 0.3 is 0 Å². The van der Waals surface area contributed by atoms with Crippen LogP contribution >= 0.6 is 0 Å². The number of ether oxygens (including phenoxy) is 1. The summed E-state index contributed by atoms with van der Waals surface area (Å²) in [6, 6.07) is 5.78. The Hall–Kier alpha value is -2.30. The lowest BCUT2D eigenvalue weighted by atomic mass is 10.0. The van der Waals surface area contributed by atoms with Crippen molar-refractivity contribution >= 4 is 5.91 Å². The molecular weight excluding hydrogens is 266 g/mol. The van der Waals surface area contributed by atoms with Gasteiger partial charge in [0.15, 0.2) is 0 Å². The first-order valence-electron chi connectivity index (χ1n) is 7.12. The summed E-state index contributed by atoms with van der Waals surface area (Å²) < 4.78 is 7.41. The molecule has 0 fully saturated rings. The molecule has 110 valence electrons. The van der Waals surface area contributed by atoms with E-state index in [0.717, 1.165) is 24.9 Å². The number of hydrogen-bond donors (Lipinski definition) is 1. The minimum atomic E-state index is -0.0754. The highest BCUT2D eigenvalue weighted by molar-refractivity contribution is 5.97. The zero-order chi connectivity index (χ0) is 14.8. The number of amides is 1. The molecular formula is C16H19N3O2. The fraction of sp³-hybridized carbons (Fsp3) is 0.375. The number of rotatable bonds is 3. The Morgan fingerprint density at radius 2 is 2.33 bits per heavy atom. The molecule has 21 heavy (non-hydrogen) atoms. The maximum absolute atomic E-state index is 12.5. The number of nitrogens with one attached hydrogen (secondary N) is 1. The summed E-state index contributed by atoms with van der Waals surface area (Å²) in [6.07, 6.45) is 5.45. The van der Waals surface area contributed by atoms with Crippen LogP contribution in [-0.4, -0.2) is 28.6 Å². The lowest BCUT2D eigenvalue weighted by molar-refractivity contribution is 0.0928. The average Bonchev–Trinajstić information content (AvgIpc) is 2.94. The number of methoxy groups -OCH3 is 1. The van der Waals surface area contributed by atoms with Crippen molar-refractivity contribution < 1.29 is 9.53 Å². The minimum Gasteiger partial charge on any atom is -0.496 e. The quantitative estimate of drug-likeness (QED) is 0.937. The van der Waals surface area contributed by atoms with E-state index >= 15 is 0 Å². The maximum Gasteiger partial charge on any atom is 0.255 e. The van der Waals surface area contributed by atoms with E-state index < -0.39 is 0 Å². The van der Waals surface area contributed by atoms with Crippen molar-refractivity contribution in [3.63, 3.8) is 0 Å². The first kappa shape index (κ1) is 13.7. The van der Waals surface area contributed by atoms with Crippen LogP contribution in [0, 0.1) is 6.92 Å². The smallest absolute Gasteiger partial charge is 0.255 e. The third kappa shape index (κ3) is 2.77. The highest BCUT2D eigenvalue weighted by Gasteiger charge is 2.22. The zero-order valence-corrected chi connectivity index (χ0v) is 12.3. The van der Waals surface area contributed by atoms with Crippen molar-refractivity contribution in [3.8, 4) is 5.75 Å². The molecule has 0 bridgehead atoms. The molecule has 2 heterocycles. The van der Waals surface area contributed by atoms with Gasteiger partial charge in [0, 0.05) is 30.9 Å². The van der Waals surface area contributed by atoms with E-state index in [2.05, 4.69) is 14.9 Å². The molecule has 0 radical (unpaired) electrons. The summed E-state index contributed by atoms with van der Waals surface area (Å²) in [5.74, 6) is 0.535. The van der Waals surface area contributed by atoms with E-state index in [0.29, 0.717) is 11.3 Å². The van der Waals surface area contributed by atoms with Gasteiger partial charge in [-0.15, -0.1) is 0 Å². The summed E-state index contributed by atoms with van der Waals surface area (Å²) in [7, 11) is 1.58. The molecule has 1 N–H and O–H groups in total. The summed E-state index contributed by atoms with van der Waals surface area (Å²) >= 11 is 0. The Labute approximate surface area is 124 Å². The summed E-state index contributed by atoms with van der Waals surface area (Å²) in [5.41, 5.74) is 2.81. The zero-order valence-electron chi connectivity index (χ0n) is 12.3. The molecule has 0 saturated carbocycles. The Morgan fingerprint density at radius 3 is 3.14 bits per heavy atom. The van der Waals surface area contributed by atoms with Gasteiger partial charge in [0.2, 0.25) is 0 Å². The van der Waals surface area contributed by atoms with Gasteiger partial charge in [0.05, 0.1) is 19.0 Å². The van der Waals surface area contributed by atoms with Gasteiger partial charge in [-0.25, -0.2) is 4.98 Å². The number of carbonyl (C=O) groups is 1. The highest BCUT2D eigenvalue weighted by atomic mass is 16.5. The molecule has 2 aromatic rings. The van der Waals surface area contributed by atoms with Crippen LogP contribution in [0.25, 0.3) is 0 Å². The topological polar surface area (TPSA) is 56.1 Å². The Balaban J connectivity index is 1.74. The van der Waals surface area contributed by atoms with E-state index in [-0.39, 0.29) is 11.9 Å². The summed E-state index contributed by atoms with van der Waals surface area (Å²) in [5, 5.41) is 3.11. The molecule has 1 aromatic heterocycles. The molecule has 0 saturated heterocycles. The molecule has 1 unspecified atom stereocenters. The number of benzene rings is 1. The van der Waals surface area contributed by atoms with Gasteiger partial charge in [-0.05, 0) is 25.5 Å². The van der Waals surface area contributed by atoms with Crippen LogP contribution in [0.2, 0.25) is 0 Å². The molecule has 1 atom stereocenters. The van der Waals surface area contributed by atoms with Crippen LogP contribution < -0.4 is 10.1 Å². The highest BCUT2D eigenvalue weighted by Crippen LogP contribution is 2.21. The number of nitrogens with zero attached hydrogens (tertiary/aromatic N) is 2. The van der Waals surface area contributed by atoms with Crippen LogP contribution in [0.4, 0.5) is 0 Å². The molecule has 1 aliphatic heterocycles. The number of fused-ring (bicyclic) bond motifs is 1. The largest absolute Gasteiger partial charge is 0.496 e. The average molecular weight is 285 g/mol. The third-order valence-corrected chi connectivity index (χ3v) is 3.91. The van der Waals surface area contributed by atoms with Crippen LogP contribution in [0.3, 0.4) is 0 Å². The van der Waals surface area contributed by atoms with E-state index in [1.165, 1.54) is 5.69 Å². The van der Waals surface area contributed by atoms with E-state index in [4.69, 9.17) is 4.74 Å². The molecule has 1 aliphatic rings. The van der Waals surface area contributed by atoms with E-state index in [1.807, 2.05) is 37.6 Å². The fourth-order valence-corrected chi connectivity index (χ4v) is 2.75. The predicted molar refractivity (Wildman–Crippen MR) is 79.5 cm³/mol. The predicted octanol–water partition coefficient (Wildman–Crippen LogP) is 1.94. The van der Waals surface area contributed by atoms with Gasteiger partial charge in [-0.3, -0.25) is 4.79 Å². The second-order valence-corrected chi connectivity index (χ2v) is 5.45. The number of imidazole rings is 1. The van der Waals surface area contributed by atoms with E-state index in [9.17, 15) is 4.79 Å². The number of carbonyl (C=O) groups excluding carboxylic acids is 1. The normalized spacial score (nSPS) is 17.1. The van der Waals surface area contributed by atoms with Gasteiger partial charge in [0.25, 0.3) is 5.91 Å². The SMILES string of the molecule is COc1ccc(C)cc1C(=O)NC1CCn2cncc2C1. The third-order valence-electron chi connectivity index (χ3n) is 3.91. The van der Waals surface area contributed by atoms with Crippen molar-refractivity contribution in [1.29, 1.82) is 0 Å². The summed E-state index contributed by atoms with van der Waals surface area (Å²) in [6.45, 7) is 2.86. The fourth-order valence-electron chi connectivity index (χ4n) is 2.75. The first-order valence-corrected chi connectivity index (χ1v) is 7.12. The van der Waals surface area contributed by atoms with Gasteiger partial charge in [-0.1, -0.05) is 11.6 Å². The number of aromatic nitrogens is 2. The van der Waals surface area contributed by atoms with Crippen LogP contribution in [0.15, 0.2) is 30.7 Å². The Bertz CT molecular complexity index is 663. The summed E-state index contributed by atoms with van der Waals surface area (Å²) in [4.78, 5) is 16.6. The molecule has 1 aromatic carbocycles. The van der Waals surface area contributed by atoms with E-state index in [1.54, 1.807) is 7.11 Å². The second kappa shape index (κ2) is 5.60. The molecule has 3 rings (SSSR count). The van der Waals surface area contributed by atoms with Crippen molar-refractivity contribution in [2.24, 2.45) is 0 Å². The van der Waals surface area contributed by atoms with Crippen molar-refractivity contribution in [1.82, 2.24) is 14.9 Å². The Kier molecular flexibility index (Phi) is 3.64. The first-order chi connectivity index (χ1) is 10.2. The lowest BCUT2D eigenvalue weighted by Gasteiger charge is -2.25. The standard InChI is InChI=1S/C16H19N3O2/c1-11-3-4-15(21-2)14(7-11)16(20)18-12-5-6-19-10-17-9-13(19)8-12/h3-4,7,9-10,12H,5-6,8H2,1-2H3,(H,18,20). The van der Waals surface area contributed by atoms with Crippen LogP contribution in [0.5, 0.6) is 5.75 Å². The molecule has 0 aliphatic carbocycles. The van der Waals surface area contributed by atoms with Gasteiger partial charge in [-0.2, -0.15) is 0 Å². The molecule has 1 amide bonds. The number of aryl methyl sites for hydroxylation is 2. The van der Waals surface area contributed by atoms with Crippen molar-refractivity contribution in [3.05, 3.63) is 47.5 Å².